The highest BCUT2D eigenvalue weighted by molar-refractivity contribution is 9.10. The van der Waals surface area contributed by atoms with E-state index < -0.39 is 0 Å². The van der Waals surface area contributed by atoms with Gasteiger partial charge in [0.05, 0.1) is 0 Å². The first-order chi connectivity index (χ1) is 7.58. The van der Waals surface area contributed by atoms with Crippen LogP contribution in [0.15, 0.2) is 16.7 Å². The summed E-state index contributed by atoms with van der Waals surface area (Å²) in [6.45, 7) is 4.97. The Labute approximate surface area is 104 Å². The number of aromatic nitrogens is 1. The standard InChI is InChI=1S/C12H17BrN2O/c1-8(2)15-7-10(13)5-11(15)12(16)14-6-9-3-4-9/h5,7-9H,3-4,6H2,1-2H3,(H,14,16). The predicted octanol–water partition coefficient (Wildman–Crippen LogP) is 2.97. The Balaban J connectivity index is 2.07. The Morgan fingerprint density at radius 1 is 1.62 bits per heavy atom. The maximum Gasteiger partial charge on any atom is 0.267 e. The highest BCUT2D eigenvalue weighted by atomic mass is 79.9. The number of halogens is 1. The van der Waals surface area contributed by atoms with Gasteiger partial charge in [0.1, 0.15) is 5.69 Å². The van der Waals surface area contributed by atoms with Crippen molar-refractivity contribution in [2.45, 2.75) is 32.7 Å². The van der Waals surface area contributed by atoms with Crippen molar-refractivity contribution in [1.29, 1.82) is 0 Å². The van der Waals surface area contributed by atoms with Crippen molar-refractivity contribution in [1.82, 2.24) is 9.88 Å². The smallest absolute Gasteiger partial charge is 0.267 e. The molecule has 0 aromatic carbocycles. The van der Waals surface area contributed by atoms with Gasteiger partial charge in [-0.1, -0.05) is 0 Å². The van der Waals surface area contributed by atoms with E-state index >= 15 is 0 Å². The normalized spacial score (nSPS) is 15.5. The lowest BCUT2D eigenvalue weighted by Crippen LogP contribution is -2.28. The van der Waals surface area contributed by atoms with Crippen molar-refractivity contribution in [3.63, 3.8) is 0 Å². The lowest BCUT2D eigenvalue weighted by molar-refractivity contribution is 0.0941. The molecule has 1 aromatic rings. The average Bonchev–Trinajstić information content (AvgIpc) is 2.96. The highest BCUT2D eigenvalue weighted by Crippen LogP contribution is 2.27. The summed E-state index contributed by atoms with van der Waals surface area (Å²) in [6, 6.07) is 2.18. The number of hydrogen-bond acceptors (Lipinski definition) is 1. The molecule has 16 heavy (non-hydrogen) atoms. The molecule has 1 amide bonds. The Hall–Kier alpha value is -0.770. The maximum atomic E-state index is 12.0. The fourth-order valence-corrected chi connectivity index (χ4v) is 2.14. The monoisotopic (exact) mass is 284 g/mol. The molecule has 1 fully saturated rings. The fourth-order valence-electron chi connectivity index (χ4n) is 1.70. The van der Waals surface area contributed by atoms with E-state index in [0.29, 0.717) is 6.04 Å². The molecule has 1 saturated carbocycles. The molecule has 88 valence electrons. The van der Waals surface area contributed by atoms with Crippen LogP contribution in [0.3, 0.4) is 0 Å². The number of amides is 1. The summed E-state index contributed by atoms with van der Waals surface area (Å²) in [4.78, 5) is 12.0. The molecule has 0 radical (unpaired) electrons. The molecule has 0 aliphatic heterocycles. The zero-order valence-electron chi connectivity index (χ0n) is 9.66. The van der Waals surface area contributed by atoms with E-state index in [9.17, 15) is 4.79 Å². The second kappa shape index (κ2) is 4.62. The van der Waals surface area contributed by atoms with Gasteiger partial charge in [0.25, 0.3) is 5.91 Å². The van der Waals surface area contributed by atoms with Crippen LogP contribution in [0.2, 0.25) is 0 Å². The van der Waals surface area contributed by atoms with Crippen LogP contribution in [0.5, 0.6) is 0 Å². The zero-order chi connectivity index (χ0) is 11.7. The molecule has 0 bridgehead atoms. The first-order valence-electron chi connectivity index (χ1n) is 5.73. The van der Waals surface area contributed by atoms with Crippen molar-refractivity contribution in [2.24, 2.45) is 5.92 Å². The van der Waals surface area contributed by atoms with E-state index in [0.717, 1.165) is 22.6 Å². The molecule has 0 atom stereocenters. The minimum atomic E-state index is 0.0336. The summed E-state index contributed by atoms with van der Waals surface area (Å²) in [7, 11) is 0. The van der Waals surface area contributed by atoms with Gasteiger partial charge in [0.15, 0.2) is 0 Å². The van der Waals surface area contributed by atoms with Crippen molar-refractivity contribution in [3.8, 4) is 0 Å². The third-order valence-corrected chi connectivity index (χ3v) is 3.29. The van der Waals surface area contributed by atoms with Crippen LogP contribution in [0, 0.1) is 5.92 Å². The minimum Gasteiger partial charge on any atom is -0.350 e. The molecule has 4 heteroatoms. The summed E-state index contributed by atoms with van der Waals surface area (Å²) in [5.74, 6) is 0.751. The summed E-state index contributed by atoms with van der Waals surface area (Å²) in [5, 5.41) is 2.99. The number of hydrogen-bond donors (Lipinski definition) is 1. The number of carbonyl (C=O) groups excluding carboxylic acids is 1. The first kappa shape index (κ1) is 11.7. The second-order valence-corrected chi connectivity index (χ2v) is 5.61. The van der Waals surface area contributed by atoms with Gasteiger partial charge in [0.2, 0.25) is 0 Å². The van der Waals surface area contributed by atoms with Crippen molar-refractivity contribution in [3.05, 3.63) is 22.4 Å². The Morgan fingerprint density at radius 3 is 2.88 bits per heavy atom. The van der Waals surface area contributed by atoms with Crippen LogP contribution < -0.4 is 5.32 Å². The van der Waals surface area contributed by atoms with Gasteiger partial charge in [-0.2, -0.15) is 0 Å². The summed E-state index contributed by atoms with van der Waals surface area (Å²) in [5.41, 5.74) is 0.738. The largest absolute Gasteiger partial charge is 0.350 e. The third kappa shape index (κ3) is 2.67. The van der Waals surface area contributed by atoms with Crippen molar-refractivity contribution in [2.75, 3.05) is 6.54 Å². The van der Waals surface area contributed by atoms with Crippen LogP contribution >= 0.6 is 15.9 Å². The molecule has 1 aromatic heterocycles. The summed E-state index contributed by atoms with van der Waals surface area (Å²) < 4.78 is 2.95. The van der Waals surface area contributed by atoms with E-state index in [1.165, 1.54) is 12.8 Å². The van der Waals surface area contributed by atoms with Crippen LogP contribution in [0.1, 0.15) is 43.2 Å². The molecular formula is C12H17BrN2O. The molecule has 1 N–H and O–H groups in total. The van der Waals surface area contributed by atoms with Crippen LogP contribution in [-0.4, -0.2) is 17.0 Å². The van der Waals surface area contributed by atoms with Gasteiger partial charge in [-0.25, -0.2) is 0 Å². The second-order valence-electron chi connectivity index (χ2n) is 4.70. The van der Waals surface area contributed by atoms with Crippen molar-refractivity contribution < 1.29 is 4.79 Å². The van der Waals surface area contributed by atoms with E-state index in [4.69, 9.17) is 0 Å². The van der Waals surface area contributed by atoms with Crippen LogP contribution in [-0.2, 0) is 0 Å². The molecule has 0 saturated heterocycles. The predicted molar refractivity (Wildman–Crippen MR) is 67.6 cm³/mol. The van der Waals surface area contributed by atoms with Gasteiger partial charge in [-0.3, -0.25) is 4.79 Å². The SMILES string of the molecule is CC(C)n1cc(Br)cc1C(=O)NCC1CC1. The van der Waals surface area contributed by atoms with E-state index in [1.54, 1.807) is 0 Å². The topological polar surface area (TPSA) is 34.0 Å². The van der Waals surface area contributed by atoms with E-state index in [1.807, 2.05) is 16.8 Å². The number of rotatable bonds is 4. The molecule has 1 aliphatic carbocycles. The Bertz CT molecular complexity index is 394. The van der Waals surface area contributed by atoms with Crippen LogP contribution in [0.25, 0.3) is 0 Å². The highest BCUT2D eigenvalue weighted by Gasteiger charge is 2.23. The summed E-state index contributed by atoms with van der Waals surface area (Å²) >= 11 is 3.41. The number of nitrogens with zero attached hydrogens (tertiary/aromatic N) is 1. The van der Waals surface area contributed by atoms with Crippen molar-refractivity contribution >= 4 is 21.8 Å². The van der Waals surface area contributed by atoms with Gasteiger partial charge >= 0.3 is 0 Å². The lowest BCUT2D eigenvalue weighted by Gasteiger charge is -2.12. The number of nitrogens with one attached hydrogen (secondary N) is 1. The van der Waals surface area contributed by atoms with E-state index in [2.05, 4.69) is 35.1 Å². The average molecular weight is 285 g/mol. The molecule has 1 heterocycles. The van der Waals surface area contributed by atoms with Gasteiger partial charge in [-0.05, 0) is 54.6 Å². The minimum absolute atomic E-state index is 0.0336. The number of carbonyl (C=O) groups is 1. The molecule has 1 aliphatic rings. The summed E-state index contributed by atoms with van der Waals surface area (Å²) in [6.07, 6.45) is 4.47. The Kier molecular flexibility index (Phi) is 3.38. The molecule has 0 spiro atoms. The van der Waals surface area contributed by atoms with E-state index in [-0.39, 0.29) is 5.91 Å². The van der Waals surface area contributed by atoms with Gasteiger partial charge in [-0.15, -0.1) is 0 Å². The first-order valence-corrected chi connectivity index (χ1v) is 6.53. The molecule has 0 unspecified atom stereocenters. The lowest BCUT2D eigenvalue weighted by atomic mass is 10.3. The maximum absolute atomic E-state index is 12.0. The molecule has 2 rings (SSSR count). The zero-order valence-corrected chi connectivity index (χ0v) is 11.3. The molecular weight excluding hydrogens is 268 g/mol. The van der Waals surface area contributed by atoms with Gasteiger partial charge in [0, 0.05) is 23.3 Å². The van der Waals surface area contributed by atoms with Crippen LogP contribution in [0.4, 0.5) is 0 Å². The molecule has 3 nitrogen and oxygen atoms in total. The van der Waals surface area contributed by atoms with Gasteiger partial charge < -0.3 is 9.88 Å². The third-order valence-electron chi connectivity index (χ3n) is 2.85. The quantitative estimate of drug-likeness (QED) is 0.906. The fraction of sp³-hybridized carbons (Fsp3) is 0.583. The Morgan fingerprint density at radius 2 is 2.31 bits per heavy atom.